The fourth-order valence-corrected chi connectivity index (χ4v) is 3.05. The van der Waals surface area contributed by atoms with Gasteiger partial charge in [0.1, 0.15) is 0 Å². The van der Waals surface area contributed by atoms with Gasteiger partial charge in [-0.25, -0.2) is 0 Å². The lowest BCUT2D eigenvalue weighted by molar-refractivity contribution is 0.249. The van der Waals surface area contributed by atoms with Gasteiger partial charge in [0.2, 0.25) is 0 Å². The Kier molecular flexibility index (Phi) is 6.68. The summed E-state index contributed by atoms with van der Waals surface area (Å²) in [5.41, 5.74) is 9.83. The topological polar surface area (TPSA) is 32.5 Å². The summed E-state index contributed by atoms with van der Waals surface area (Å²) in [7, 11) is 0. The van der Waals surface area contributed by atoms with Crippen LogP contribution in [0.3, 0.4) is 0 Å². The SMILES string of the molecule is Cc1ccc(CN2CCCN(CCCCN)CC2)cc1C. The van der Waals surface area contributed by atoms with Crippen molar-refractivity contribution in [2.75, 3.05) is 39.3 Å². The Morgan fingerprint density at radius 3 is 2.48 bits per heavy atom. The number of hydrogen-bond acceptors (Lipinski definition) is 3. The molecule has 1 fully saturated rings. The van der Waals surface area contributed by atoms with Crippen LogP contribution in [-0.4, -0.2) is 49.1 Å². The molecule has 0 aromatic heterocycles. The van der Waals surface area contributed by atoms with E-state index in [-0.39, 0.29) is 0 Å². The average molecular weight is 289 g/mol. The van der Waals surface area contributed by atoms with E-state index < -0.39 is 0 Å². The lowest BCUT2D eigenvalue weighted by Crippen LogP contribution is -2.31. The Bertz CT molecular complexity index is 430. The number of rotatable bonds is 6. The number of nitrogens with zero attached hydrogens (tertiary/aromatic N) is 2. The van der Waals surface area contributed by atoms with E-state index in [1.54, 1.807) is 0 Å². The quantitative estimate of drug-likeness (QED) is 0.817. The van der Waals surface area contributed by atoms with E-state index in [0.29, 0.717) is 0 Å². The van der Waals surface area contributed by atoms with E-state index in [4.69, 9.17) is 5.73 Å². The predicted molar refractivity (Wildman–Crippen MR) is 90.5 cm³/mol. The minimum atomic E-state index is 0.826. The van der Waals surface area contributed by atoms with Gasteiger partial charge in [-0.2, -0.15) is 0 Å². The van der Waals surface area contributed by atoms with Gasteiger partial charge in [0.25, 0.3) is 0 Å². The van der Waals surface area contributed by atoms with Gasteiger partial charge in [-0.15, -0.1) is 0 Å². The predicted octanol–water partition coefficient (Wildman–Crippen LogP) is 2.55. The molecule has 21 heavy (non-hydrogen) atoms. The third-order valence-corrected chi connectivity index (χ3v) is 4.59. The third kappa shape index (κ3) is 5.42. The molecule has 1 aromatic carbocycles. The minimum Gasteiger partial charge on any atom is -0.330 e. The molecule has 0 unspecified atom stereocenters. The highest BCUT2D eigenvalue weighted by atomic mass is 15.2. The molecular formula is C18H31N3. The van der Waals surface area contributed by atoms with Gasteiger partial charge in [-0.3, -0.25) is 4.90 Å². The number of benzene rings is 1. The van der Waals surface area contributed by atoms with Crippen LogP contribution in [0.2, 0.25) is 0 Å². The van der Waals surface area contributed by atoms with E-state index in [1.807, 2.05) is 0 Å². The van der Waals surface area contributed by atoms with Crippen LogP contribution in [0, 0.1) is 13.8 Å². The Balaban J connectivity index is 1.81. The molecule has 0 aliphatic carbocycles. The summed E-state index contributed by atoms with van der Waals surface area (Å²) in [6.45, 7) is 12.4. The molecule has 1 saturated heterocycles. The van der Waals surface area contributed by atoms with Crippen molar-refractivity contribution in [2.24, 2.45) is 5.73 Å². The van der Waals surface area contributed by atoms with Crippen LogP contribution in [0.1, 0.15) is 36.0 Å². The second-order valence-electron chi connectivity index (χ2n) is 6.39. The summed E-state index contributed by atoms with van der Waals surface area (Å²) in [5.74, 6) is 0. The number of aryl methyl sites for hydroxylation is 2. The van der Waals surface area contributed by atoms with E-state index in [1.165, 1.54) is 62.3 Å². The van der Waals surface area contributed by atoms with Crippen molar-refractivity contribution in [1.29, 1.82) is 0 Å². The molecule has 0 bridgehead atoms. The highest BCUT2D eigenvalue weighted by molar-refractivity contribution is 5.29. The van der Waals surface area contributed by atoms with Gasteiger partial charge < -0.3 is 10.6 Å². The van der Waals surface area contributed by atoms with E-state index in [2.05, 4.69) is 41.8 Å². The fraction of sp³-hybridized carbons (Fsp3) is 0.667. The van der Waals surface area contributed by atoms with Crippen molar-refractivity contribution in [2.45, 2.75) is 39.7 Å². The summed E-state index contributed by atoms with van der Waals surface area (Å²) in [6, 6.07) is 6.88. The summed E-state index contributed by atoms with van der Waals surface area (Å²) < 4.78 is 0. The molecule has 0 amide bonds. The van der Waals surface area contributed by atoms with Crippen LogP contribution in [-0.2, 0) is 6.54 Å². The van der Waals surface area contributed by atoms with Crippen molar-refractivity contribution in [1.82, 2.24) is 9.80 Å². The number of unbranched alkanes of at least 4 members (excludes halogenated alkanes) is 1. The van der Waals surface area contributed by atoms with Crippen molar-refractivity contribution in [3.63, 3.8) is 0 Å². The molecule has 1 aliphatic rings. The van der Waals surface area contributed by atoms with Crippen molar-refractivity contribution < 1.29 is 0 Å². The van der Waals surface area contributed by atoms with E-state index in [0.717, 1.165) is 19.5 Å². The maximum Gasteiger partial charge on any atom is 0.0234 e. The maximum absolute atomic E-state index is 5.58. The van der Waals surface area contributed by atoms with Crippen LogP contribution >= 0.6 is 0 Å². The Morgan fingerprint density at radius 2 is 1.71 bits per heavy atom. The van der Waals surface area contributed by atoms with Crippen molar-refractivity contribution >= 4 is 0 Å². The van der Waals surface area contributed by atoms with Gasteiger partial charge in [0.05, 0.1) is 0 Å². The third-order valence-electron chi connectivity index (χ3n) is 4.59. The van der Waals surface area contributed by atoms with Crippen LogP contribution < -0.4 is 5.73 Å². The van der Waals surface area contributed by atoms with Crippen molar-refractivity contribution in [3.05, 3.63) is 34.9 Å². The first kappa shape index (κ1) is 16.5. The summed E-state index contributed by atoms with van der Waals surface area (Å²) in [4.78, 5) is 5.21. The lowest BCUT2D eigenvalue weighted by atomic mass is 10.1. The average Bonchev–Trinajstić information content (AvgIpc) is 2.69. The van der Waals surface area contributed by atoms with Crippen LogP contribution in [0.4, 0.5) is 0 Å². The highest BCUT2D eigenvalue weighted by Crippen LogP contribution is 2.13. The zero-order valence-corrected chi connectivity index (χ0v) is 13.8. The minimum absolute atomic E-state index is 0.826. The normalized spacial score (nSPS) is 17.9. The molecule has 2 N–H and O–H groups in total. The number of hydrogen-bond donors (Lipinski definition) is 1. The zero-order valence-electron chi connectivity index (χ0n) is 13.8. The first-order valence-electron chi connectivity index (χ1n) is 8.40. The number of nitrogens with two attached hydrogens (primary N) is 1. The van der Waals surface area contributed by atoms with E-state index in [9.17, 15) is 0 Å². The lowest BCUT2D eigenvalue weighted by Gasteiger charge is -2.22. The Labute approximate surface area is 130 Å². The van der Waals surface area contributed by atoms with Crippen LogP contribution in [0.25, 0.3) is 0 Å². The molecule has 1 heterocycles. The first-order valence-corrected chi connectivity index (χ1v) is 8.40. The van der Waals surface area contributed by atoms with Crippen molar-refractivity contribution in [3.8, 4) is 0 Å². The molecule has 118 valence electrons. The second kappa shape index (κ2) is 8.52. The fourth-order valence-electron chi connectivity index (χ4n) is 3.05. The summed E-state index contributed by atoms with van der Waals surface area (Å²) >= 11 is 0. The van der Waals surface area contributed by atoms with Gasteiger partial charge in [0, 0.05) is 19.6 Å². The molecule has 0 saturated carbocycles. The van der Waals surface area contributed by atoms with Crippen LogP contribution in [0.15, 0.2) is 18.2 Å². The summed E-state index contributed by atoms with van der Waals surface area (Å²) in [5, 5.41) is 0. The van der Waals surface area contributed by atoms with Gasteiger partial charge >= 0.3 is 0 Å². The van der Waals surface area contributed by atoms with Crippen LogP contribution in [0.5, 0.6) is 0 Å². The molecule has 0 atom stereocenters. The first-order chi connectivity index (χ1) is 10.2. The smallest absolute Gasteiger partial charge is 0.0234 e. The molecule has 0 radical (unpaired) electrons. The van der Waals surface area contributed by atoms with E-state index >= 15 is 0 Å². The Hall–Kier alpha value is -0.900. The van der Waals surface area contributed by atoms with Gasteiger partial charge in [-0.05, 0) is 76.0 Å². The molecule has 3 nitrogen and oxygen atoms in total. The molecule has 0 spiro atoms. The largest absolute Gasteiger partial charge is 0.330 e. The maximum atomic E-state index is 5.58. The molecule has 1 aliphatic heterocycles. The summed E-state index contributed by atoms with van der Waals surface area (Å²) in [6.07, 6.45) is 3.68. The standard InChI is InChI=1S/C18H31N3/c1-16-6-7-18(14-17(16)2)15-21-11-5-10-20(12-13-21)9-4-3-8-19/h6-7,14H,3-5,8-13,15,19H2,1-2H3. The monoisotopic (exact) mass is 289 g/mol. The Morgan fingerprint density at radius 1 is 0.952 bits per heavy atom. The second-order valence-corrected chi connectivity index (χ2v) is 6.39. The molecular weight excluding hydrogens is 258 g/mol. The van der Waals surface area contributed by atoms with Gasteiger partial charge in [0.15, 0.2) is 0 Å². The van der Waals surface area contributed by atoms with Gasteiger partial charge in [-0.1, -0.05) is 18.2 Å². The zero-order chi connectivity index (χ0) is 15.1. The molecule has 2 rings (SSSR count). The molecule has 3 heteroatoms. The highest BCUT2D eigenvalue weighted by Gasteiger charge is 2.14. The molecule has 1 aromatic rings.